The van der Waals surface area contributed by atoms with Gasteiger partial charge in [0, 0.05) is 35.4 Å². The lowest BCUT2D eigenvalue weighted by Crippen LogP contribution is -2.40. The van der Waals surface area contributed by atoms with Crippen molar-refractivity contribution in [1.29, 1.82) is 0 Å². The average molecular weight is 354 g/mol. The Bertz CT molecular complexity index is 434. The summed E-state index contributed by atoms with van der Waals surface area (Å²) in [4.78, 5) is 7.31. The van der Waals surface area contributed by atoms with Gasteiger partial charge in [-0.15, -0.1) is 0 Å². The molecule has 2 heterocycles. The Morgan fingerprint density at radius 2 is 2.19 bits per heavy atom. The summed E-state index contributed by atoms with van der Waals surface area (Å²) in [6.07, 6.45) is 9.60. The van der Waals surface area contributed by atoms with Crippen molar-refractivity contribution < 1.29 is 0 Å². The number of piperidine rings is 1. The number of nitrogens with zero attached hydrogens (tertiary/aromatic N) is 2. The Balaban J connectivity index is 2.19. The van der Waals surface area contributed by atoms with E-state index in [-0.39, 0.29) is 0 Å². The molecule has 0 radical (unpaired) electrons. The summed E-state index contributed by atoms with van der Waals surface area (Å²) in [6, 6.07) is 2.89. The molecule has 2 rings (SSSR count). The van der Waals surface area contributed by atoms with Crippen LogP contribution in [0.15, 0.2) is 16.7 Å². The van der Waals surface area contributed by atoms with E-state index in [2.05, 4.69) is 46.1 Å². The minimum absolute atomic E-state index is 0.669. The fraction of sp³-hybridized carbons (Fsp3) is 0.706. The van der Waals surface area contributed by atoms with Gasteiger partial charge in [0.25, 0.3) is 0 Å². The Morgan fingerprint density at radius 1 is 1.33 bits per heavy atom. The Kier molecular flexibility index (Phi) is 6.97. The van der Waals surface area contributed by atoms with Crippen LogP contribution in [0.2, 0.25) is 0 Å². The molecule has 4 heteroatoms. The number of halogens is 1. The van der Waals surface area contributed by atoms with Crippen molar-refractivity contribution in [3.63, 3.8) is 0 Å². The monoisotopic (exact) mass is 353 g/mol. The highest BCUT2D eigenvalue weighted by Crippen LogP contribution is 2.29. The first-order valence-corrected chi connectivity index (χ1v) is 9.17. The van der Waals surface area contributed by atoms with Crippen molar-refractivity contribution in [3.8, 4) is 0 Å². The van der Waals surface area contributed by atoms with Gasteiger partial charge in [-0.25, -0.2) is 4.98 Å². The maximum atomic E-state index is 4.75. The molecule has 0 aliphatic carbocycles. The first-order valence-electron chi connectivity index (χ1n) is 8.38. The fourth-order valence-corrected chi connectivity index (χ4v) is 3.55. The maximum absolute atomic E-state index is 4.75. The van der Waals surface area contributed by atoms with Crippen molar-refractivity contribution in [2.45, 2.75) is 65.0 Å². The highest BCUT2D eigenvalue weighted by Gasteiger charge is 2.24. The van der Waals surface area contributed by atoms with Gasteiger partial charge in [0.15, 0.2) is 0 Å². The number of rotatable bonds is 7. The molecule has 21 heavy (non-hydrogen) atoms. The van der Waals surface area contributed by atoms with Crippen LogP contribution < -0.4 is 10.2 Å². The smallest absolute Gasteiger partial charge is 0.133 e. The number of aromatic nitrogens is 1. The van der Waals surface area contributed by atoms with Crippen LogP contribution in [0, 0.1) is 0 Å². The summed E-state index contributed by atoms with van der Waals surface area (Å²) < 4.78 is 1.07. The molecule has 1 aliphatic rings. The van der Waals surface area contributed by atoms with E-state index in [0.717, 1.165) is 24.1 Å². The molecule has 1 unspecified atom stereocenters. The third-order valence-electron chi connectivity index (χ3n) is 4.17. The third-order valence-corrected chi connectivity index (χ3v) is 4.61. The molecule has 1 atom stereocenters. The maximum Gasteiger partial charge on any atom is 0.133 e. The standard InChI is InChI=1S/C17H28BrN3/c1-3-7-16-8-5-6-10-21(16)17-14(12-19-9-4-2)11-15(18)13-20-17/h11,13,16,19H,3-10,12H2,1-2H3. The molecule has 0 aromatic carbocycles. The highest BCUT2D eigenvalue weighted by atomic mass is 79.9. The summed E-state index contributed by atoms with van der Waals surface area (Å²) in [5.41, 5.74) is 1.32. The van der Waals surface area contributed by atoms with E-state index >= 15 is 0 Å². The normalized spacial score (nSPS) is 19.0. The summed E-state index contributed by atoms with van der Waals surface area (Å²) in [5.74, 6) is 1.19. The summed E-state index contributed by atoms with van der Waals surface area (Å²) >= 11 is 3.57. The Morgan fingerprint density at radius 3 is 2.95 bits per heavy atom. The average Bonchev–Trinajstić information content (AvgIpc) is 2.49. The van der Waals surface area contributed by atoms with Gasteiger partial charge in [0.2, 0.25) is 0 Å². The number of hydrogen-bond acceptors (Lipinski definition) is 3. The third kappa shape index (κ3) is 4.68. The van der Waals surface area contributed by atoms with Gasteiger partial charge >= 0.3 is 0 Å². The van der Waals surface area contributed by atoms with E-state index in [4.69, 9.17) is 4.98 Å². The molecule has 1 N–H and O–H groups in total. The molecule has 0 amide bonds. The van der Waals surface area contributed by atoms with E-state index in [1.807, 2.05) is 6.20 Å². The summed E-state index contributed by atoms with van der Waals surface area (Å²) in [5, 5.41) is 3.52. The topological polar surface area (TPSA) is 28.2 Å². The first kappa shape index (κ1) is 16.8. The molecule has 118 valence electrons. The zero-order chi connectivity index (χ0) is 15.1. The van der Waals surface area contributed by atoms with E-state index in [1.54, 1.807) is 0 Å². The second-order valence-electron chi connectivity index (χ2n) is 5.94. The van der Waals surface area contributed by atoms with Crippen LogP contribution in [-0.2, 0) is 6.54 Å². The zero-order valence-electron chi connectivity index (χ0n) is 13.4. The van der Waals surface area contributed by atoms with Crippen molar-refractivity contribution in [2.75, 3.05) is 18.0 Å². The quantitative estimate of drug-likeness (QED) is 0.731. The van der Waals surface area contributed by atoms with Gasteiger partial charge in [-0.2, -0.15) is 0 Å². The van der Waals surface area contributed by atoms with Crippen molar-refractivity contribution in [3.05, 3.63) is 22.3 Å². The molecule has 0 spiro atoms. The SMILES string of the molecule is CCCNCc1cc(Br)cnc1N1CCCCC1CCC. The molecule has 1 aromatic heterocycles. The molecule has 1 fully saturated rings. The van der Waals surface area contributed by atoms with E-state index in [9.17, 15) is 0 Å². The lowest BCUT2D eigenvalue weighted by molar-refractivity contribution is 0.430. The molecule has 1 saturated heterocycles. The molecular weight excluding hydrogens is 326 g/mol. The van der Waals surface area contributed by atoms with Crippen molar-refractivity contribution in [1.82, 2.24) is 10.3 Å². The van der Waals surface area contributed by atoms with Gasteiger partial charge in [0.1, 0.15) is 5.82 Å². The number of pyridine rings is 1. The summed E-state index contributed by atoms with van der Waals surface area (Å²) in [6.45, 7) is 7.61. The van der Waals surface area contributed by atoms with Gasteiger partial charge in [0.05, 0.1) is 0 Å². The predicted molar refractivity (Wildman–Crippen MR) is 93.8 cm³/mol. The van der Waals surface area contributed by atoms with Crippen molar-refractivity contribution in [2.24, 2.45) is 0 Å². The van der Waals surface area contributed by atoms with Crippen LogP contribution in [0.1, 0.15) is 57.9 Å². The minimum Gasteiger partial charge on any atom is -0.353 e. The van der Waals surface area contributed by atoms with Crippen LogP contribution >= 0.6 is 15.9 Å². The lowest BCUT2D eigenvalue weighted by Gasteiger charge is -2.37. The fourth-order valence-electron chi connectivity index (χ4n) is 3.18. The van der Waals surface area contributed by atoms with Gasteiger partial charge in [-0.3, -0.25) is 0 Å². The molecule has 3 nitrogen and oxygen atoms in total. The van der Waals surface area contributed by atoms with E-state index in [0.29, 0.717) is 6.04 Å². The second-order valence-corrected chi connectivity index (χ2v) is 6.86. The highest BCUT2D eigenvalue weighted by molar-refractivity contribution is 9.10. The molecule has 1 aliphatic heterocycles. The first-order chi connectivity index (χ1) is 10.3. The van der Waals surface area contributed by atoms with Crippen molar-refractivity contribution >= 4 is 21.7 Å². The van der Waals surface area contributed by atoms with Crippen LogP contribution in [-0.4, -0.2) is 24.1 Å². The lowest BCUT2D eigenvalue weighted by atomic mass is 9.97. The van der Waals surface area contributed by atoms with Gasteiger partial charge in [-0.1, -0.05) is 20.3 Å². The molecule has 1 aromatic rings. The van der Waals surface area contributed by atoms with Crippen LogP contribution in [0.3, 0.4) is 0 Å². The van der Waals surface area contributed by atoms with Crippen LogP contribution in [0.5, 0.6) is 0 Å². The second kappa shape index (κ2) is 8.74. The van der Waals surface area contributed by atoms with Gasteiger partial charge in [-0.05, 0) is 60.6 Å². The van der Waals surface area contributed by atoms with E-state index < -0.39 is 0 Å². The minimum atomic E-state index is 0.669. The zero-order valence-corrected chi connectivity index (χ0v) is 15.0. The largest absolute Gasteiger partial charge is 0.353 e. The number of anilines is 1. The molecule has 0 bridgehead atoms. The van der Waals surface area contributed by atoms with Gasteiger partial charge < -0.3 is 10.2 Å². The molecule has 0 saturated carbocycles. The number of hydrogen-bond donors (Lipinski definition) is 1. The van der Waals surface area contributed by atoms with Crippen LogP contribution in [0.25, 0.3) is 0 Å². The predicted octanol–water partition coefficient (Wildman–Crippen LogP) is 4.50. The van der Waals surface area contributed by atoms with E-state index in [1.165, 1.54) is 49.9 Å². The number of nitrogens with one attached hydrogen (secondary N) is 1. The Hall–Kier alpha value is -0.610. The Labute approximate surface area is 137 Å². The summed E-state index contributed by atoms with van der Waals surface area (Å²) in [7, 11) is 0. The molecular formula is C17H28BrN3. The van der Waals surface area contributed by atoms with Crippen LogP contribution in [0.4, 0.5) is 5.82 Å².